The lowest BCUT2D eigenvalue weighted by Gasteiger charge is -2.40. The molecule has 2 aromatic rings. The Balaban J connectivity index is 1.32. The summed E-state index contributed by atoms with van der Waals surface area (Å²) in [6, 6.07) is 22.7. The van der Waals surface area contributed by atoms with Gasteiger partial charge in [-0.3, -0.25) is 9.89 Å². The van der Waals surface area contributed by atoms with Crippen LogP contribution in [0, 0.1) is 0 Å². The zero-order chi connectivity index (χ0) is 22.2. The van der Waals surface area contributed by atoms with Gasteiger partial charge in [0, 0.05) is 57.4 Å². The second-order valence-corrected chi connectivity index (χ2v) is 9.36. The first-order chi connectivity index (χ1) is 15.7. The maximum atomic E-state index is 5.69. The van der Waals surface area contributed by atoms with E-state index < -0.39 is 0 Å². The standard InChI is InChI=1S/C27H38N4O/c1-22-19-25(13-16-31(22)20-23-9-5-3-6-10-23)30-26(28-2)29-21-27(14-17-32-18-15-27)24-11-7-4-8-12-24/h3-12,22,25H,13-21H2,1-2H3,(H2,28,29,30). The van der Waals surface area contributed by atoms with Gasteiger partial charge in [-0.2, -0.15) is 0 Å². The summed E-state index contributed by atoms with van der Waals surface area (Å²) >= 11 is 0. The molecule has 2 fully saturated rings. The predicted octanol–water partition coefficient (Wildman–Crippen LogP) is 3.95. The average Bonchev–Trinajstić information content (AvgIpc) is 2.85. The molecule has 2 aliphatic heterocycles. The second-order valence-electron chi connectivity index (χ2n) is 9.36. The Morgan fingerprint density at radius 2 is 1.75 bits per heavy atom. The van der Waals surface area contributed by atoms with Gasteiger partial charge >= 0.3 is 0 Å². The molecule has 0 amide bonds. The molecule has 2 atom stereocenters. The monoisotopic (exact) mass is 434 g/mol. The van der Waals surface area contributed by atoms with Crippen LogP contribution in [-0.4, -0.2) is 56.3 Å². The number of nitrogens with one attached hydrogen (secondary N) is 2. The highest BCUT2D eigenvalue weighted by Gasteiger charge is 2.35. The van der Waals surface area contributed by atoms with E-state index in [0.29, 0.717) is 12.1 Å². The smallest absolute Gasteiger partial charge is 0.191 e. The molecule has 5 nitrogen and oxygen atoms in total. The lowest BCUT2D eigenvalue weighted by Crippen LogP contribution is -2.53. The van der Waals surface area contributed by atoms with Gasteiger partial charge in [-0.05, 0) is 43.7 Å². The summed E-state index contributed by atoms with van der Waals surface area (Å²) in [5.74, 6) is 0.917. The minimum Gasteiger partial charge on any atom is -0.381 e. The predicted molar refractivity (Wildman–Crippen MR) is 132 cm³/mol. The van der Waals surface area contributed by atoms with E-state index in [1.807, 2.05) is 7.05 Å². The zero-order valence-corrected chi connectivity index (χ0v) is 19.6. The number of hydrogen-bond acceptors (Lipinski definition) is 3. The van der Waals surface area contributed by atoms with Gasteiger partial charge in [0.15, 0.2) is 5.96 Å². The number of aliphatic imine (C=N–C) groups is 1. The van der Waals surface area contributed by atoms with Crippen molar-refractivity contribution in [3.05, 3.63) is 71.8 Å². The summed E-state index contributed by atoms with van der Waals surface area (Å²) < 4.78 is 5.69. The van der Waals surface area contributed by atoms with Crippen molar-refractivity contribution in [2.24, 2.45) is 4.99 Å². The normalized spacial score (nSPS) is 24.1. The Bertz CT molecular complexity index is 848. The Kier molecular flexibility index (Phi) is 7.82. The Hall–Kier alpha value is -2.37. The van der Waals surface area contributed by atoms with Gasteiger partial charge in [-0.15, -0.1) is 0 Å². The third-order valence-electron chi connectivity index (χ3n) is 7.24. The molecule has 0 aliphatic carbocycles. The van der Waals surface area contributed by atoms with Crippen molar-refractivity contribution >= 4 is 5.96 Å². The van der Waals surface area contributed by atoms with Gasteiger partial charge in [-0.25, -0.2) is 0 Å². The number of hydrogen-bond donors (Lipinski definition) is 2. The van der Waals surface area contributed by atoms with Crippen molar-refractivity contribution in [2.45, 2.75) is 56.7 Å². The summed E-state index contributed by atoms with van der Waals surface area (Å²) in [6.07, 6.45) is 4.34. The molecule has 4 rings (SSSR count). The quantitative estimate of drug-likeness (QED) is 0.534. The number of benzene rings is 2. The molecular formula is C27H38N4O. The number of ether oxygens (including phenoxy) is 1. The first-order valence-electron chi connectivity index (χ1n) is 12.1. The average molecular weight is 435 g/mol. The van der Waals surface area contributed by atoms with Crippen LogP contribution in [0.15, 0.2) is 65.7 Å². The highest BCUT2D eigenvalue weighted by molar-refractivity contribution is 5.80. The number of nitrogens with zero attached hydrogens (tertiary/aromatic N) is 2. The van der Waals surface area contributed by atoms with Gasteiger partial charge in [0.05, 0.1) is 0 Å². The van der Waals surface area contributed by atoms with E-state index >= 15 is 0 Å². The molecule has 0 spiro atoms. The molecule has 2 heterocycles. The van der Waals surface area contributed by atoms with Crippen molar-refractivity contribution in [1.82, 2.24) is 15.5 Å². The Morgan fingerprint density at radius 1 is 1.06 bits per heavy atom. The first kappa shape index (κ1) is 22.8. The van der Waals surface area contributed by atoms with Gasteiger partial charge in [0.1, 0.15) is 0 Å². The van der Waals surface area contributed by atoms with E-state index in [2.05, 4.69) is 88.1 Å². The summed E-state index contributed by atoms with van der Waals surface area (Å²) in [5, 5.41) is 7.37. The Labute approximate surface area is 193 Å². The van der Waals surface area contributed by atoms with Gasteiger partial charge < -0.3 is 15.4 Å². The minimum absolute atomic E-state index is 0.101. The number of rotatable bonds is 6. The molecule has 172 valence electrons. The molecule has 32 heavy (non-hydrogen) atoms. The van der Waals surface area contributed by atoms with E-state index in [-0.39, 0.29) is 5.41 Å². The molecule has 2 unspecified atom stereocenters. The third-order valence-corrected chi connectivity index (χ3v) is 7.24. The lowest BCUT2D eigenvalue weighted by molar-refractivity contribution is 0.0513. The lowest BCUT2D eigenvalue weighted by atomic mass is 9.74. The van der Waals surface area contributed by atoms with Gasteiger partial charge in [-0.1, -0.05) is 60.7 Å². The summed E-state index contributed by atoms with van der Waals surface area (Å²) in [6.45, 7) is 7.00. The fourth-order valence-corrected chi connectivity index (χ4v) is 5.17. The van der Waals surface area contributed by atoms with Crippen LogP contribution >= 0.6 is 0 Å². The number of piperidine rings is 1. The second kappa shape index (κ2) is 11.0. The third kappa shape index (κ3) is 5.70. The molecule has 2 saturated heterocycles. The molecule has 0 saturated carbocycles. The molecule has 2 aliphatic rings. The van der Waals surface area contributed by atoms with Crippen LogP contribution in [0.2, 0.25) is 0 Å². The first-order valence-corrected chi connectivity index (χ1v) is 12.1. The van der Waals surface area contributed by atoms with Crippen molar-refractivity contribution < 1.29 is 4.74 Å². The molecule has 0 radical (unpaired) electrons. The van der Waals surface area contributed by atoms with Crippen molar-refractivity contribution in [1.29, 1.82) is 0 Å². The van der Waals surface area contributed by atoms with Crippen LogP contribution in [0.1, 0.15) is 43.7 Å². The van der Waals surface area contributed by atoms with Crippen LogP contribution < -0.4 is 10.6 Å². The van der Waals surface area contributed by atoms with E-state index in [0.717, 1.165) is 64.5 Å². The van der Waals surface area contributed by atoms with Crippen LogP contribution in [0.25, 0.3) is 0 Å². The summed E-state index contributed by atoms with van der Waals surface area (Å²) in [4.78, 5) is 7.15. The molecule has 2 N–H and O–H groups in total. The molecule has 0 bridgehead atoms. The summed E-state index contributed by atoms with van der Waals surface area (Å²) in [7, 11) is 1.88. The highest BCUT2D eigenvalue weighted by Crippen LogP contribution is 2.34. The van der Waals surface area contributed by atoms with E-state index in [1.165, 1.54) is 11.1 Å². The SMILES string of the molecule is CN=C(NCC1(c2ccccc2)CCOCC1)NC1CCN(Cc2ccccc2)C(C)C1. The van der Waals surface area contributed by atoms with E-state index in [1.54, 1.807) is 0 Å². The molecule has 0 aromatic heterocycles. The van der Waals surface area contributed by atoms with Crippen LogP contribution in [0.4, 0.5) is 0 Å². The molecule has 5 heteroatoms. The Morgan fingerprint density at radius 3 is 2.41 bits per heavy atom. The highest BCUT2D eigenvalue weighted by atomic mass is 16.5. The van der Waals surface area contributed by atoms with Crippen molar-refractivity contribution in [3.63, 3.8) is 0 Å². The number of likely N-dealkylation sites (tertiary alicyclic amines) is 1. The topological polar surface area (TPSA) is 48.9 Å². The van der Waals surface area contributed by atoms with Crippen molar-refractivity contribution in [3.8, 4) is 0 Å². The van der Waals surface area contributed by atoms with E-state index in [4.69, 9.17) is 4.74 Å². The number of guanidine groups is 1. The maximum absolute atomic E-state index is 5.69. The molecule has 2 aromatic carbocycles. The van der Waals surface area contributed by atoms with Gasteiger partial charge in [0.2, 0.25) is 0 Å². The molecular weight excluding hydrogens is 396 g/mol. The maximum Gasteiger partial charge on any atom is 0.191 e. The summed E-state index contributed by atoms with van der Waals surface area (Å²) in [5.41, 5.74) is 2.89. The van der Waals surface area contributed by atoms with Crippen molar-refractivity contribution in [2.75, 3.05) is 33.4 Å². The minimum atomic E-state index is 0.101. The van der Waals surface area contributed by atoms with Crippen LogP contribution in [0.5, 0.6) is 0 Å². The van der Waals surface area contributed by atoms with E-state index in [9.17, 15) is 0 Å². The fraction of sp³-hybridized carbons (Fsp3) is 0.519. The van der Waals surface area contributed by atoms with Crippen LogP contribution in [-0.2, 0) is 16.7 Å². The largest absolute Gasteiger partial charge is 0.381 e. The van der Waals surface area contributed by atoms with Gasteiger partial charge in [0.25, 0.3) is 0 Å². The fourth-order valence-electron chi connectivity index (χ4n) is 5.17. The zero-order valence-electron chi connectivity index (χ0n) is 19.6. The van der Waals surface area contributed by atoms with Crippen LogP contribution in [0.3, 0.4) is 0 Å².